The molecule has 1 heteroatoms. The number of rotatable bonds is 0. The molecular formula is C13H15Cl. The molecule has 74 valence electrons. The first-order valence-electron chi connectivity index (χ1n) is 4.68. The summed E-state index contributed by atoms with van der Waals surface area (Å²) in [6, 6.07) is 6.14. The van der Waals surface area contributed by atoms with Crippen LogP contribution in [0.1, 0.15) is 30.5 Å². The Kier molecular flexibility index (Phi) is 3.24. The van der Waals surface area contributed by atoms with Crippen LogP contribution in [0.3, 0.4) is 0 Å². The van der Waals surface area contributed by atoms with Gasteiger partial charge in [-0.25, -0.2) is 0 Å². The summed E-state index contributed by atoms with van der Waals surface area (Å²) < 4.78 is 0. The van der Waals surface area contributed by atoms with E-state index in [0.29, 0.717) is 0 Å². The largest absolute Gasteiger partial charge is 0.106 e. The molecular weight excluding hydrogens is 192 g/mol. The van der Waals surface area contributed by atoms with Crippen molar-refractivity contribution in [2.45, 2.75) is 32.6 Å². The molecule has 1 aromatic carbocycles. The summed E-state index contributed by atoms with van der Waals surface area (Å²) >= 11 is 6.00. The maximum atomic E-state index is 6.00. The number of aryl methyl sites for hydroxylation is 1. The average molecular weight is 207 g/mol. The summed E-state index contributed by atoms with van der Waals surface area (Å²) in [5.74, 6) is 6.13. The van der Waals surface area contributed by atoms with Gasteiger partial charge in [0.15, 0.2) is 0 Å². The number of alkyl halides is 1. The predicted octanol–water partition coefficient (Wildman–Crippen LogP) is 3.67. The number of halogens is 1. The van der Waals surface area contributed by atoms with Crippen LogP contribution >= 0.6 is 11.6 Å². The maximum absolute atomic E-state index is 6.00. The van der Waals surface area contributed by atoms with E-state index in [4.69, 9.17) is 11.6 Å². The highest BCUT2D eigenvalue weighted by atomic mass is 35.5. The van der Waals surface area contributed by atoms with E-state index >= 15 is 0 Å². The van der Waals surface area contributed by atoms with Crippen LogP contribution in [0.4, 0.5) is 0 Å². The molecule has 0 nitrogen and oxygen atoms in total. The van der Waals surface area contributed by atoms with Crippen molar-refractivity contribution in [1.29, 1.82) is 0 Å². The summed E-state index contributed by atoms with van der Waals surface area (Å²) in [6.07, 6.45) is 0. The molecule has 0 amide bonds. The third-order valence-corrected chi connectivity index (χ3v) is 2.19. The highest BCUT2D eigenvalue weighted by molar-refractivity contribution is 6.25. The van der Waals surface area contributed by atoms with Crippen LogP contribution in [0.25, 0.3) is 0 Å². The van der Waals surface area contributed by atoms with Gasteiger partial charge in [-0.1, -0.05) is 24.0 Å². The molecule has 0 heterocycles. The molecule has 0 atom stereocenters. The van der Waals surface area contributed by atoms with E-state index in [1.807, 2.05) is 26.0 Å². The molecule has 0 spiro atoms. The van der Waals surface area contributed by atoms with E-state index in [1.54, 1.807) is 0 Å². The maximum Gasteiger partial charge on any atom is 0.0997 e. The summed E-state index contributed by atoms with van der Waals surface area (Å²) in [6.45, 7) is 7.96. The summed E-state index contributed by atoms with van der Waals surface area (Å²) in [5, 5.41) is 0. The molecule has 0 aliphatic carbocycles. The van der Waals surface area contributed by atoms with Crippen molar-refractivity contribution in [3.05, 3.63) is 34.9 Å². The van der Waals surface area contributed by atoms with Gasteiger partial charge < -0.3 is 0 Å². The van der Waals surface area contributed by atoms with Crippen molar-refractivity contribution in [3.8, 4) is 11.8 Å². The Bertz CT molecular complexity index is 386. The molecule has 0 aromatic heterocycles. The number of hydrogen-bond donors (Lipinski definition) is 0. The van der Waals surface area contributed by atoms with E-state index in [0.717, 1.165) is 5.56 Å². The lowest BCUT2D eigenvalue weighted by atomic mass is 10.0. The molecule has 0 N–H and O–H groups in total. The lowest BCUT2D eigenvalue weighted by molar-refractivity contribution is 0.917. The fourth-order valence-electron chi connectivity index (χ4n) is 1.10. The quantitative estimate of drug-likeness (QED) is 0.449. The lowest BCUT2D eigenvalue weighted by Gasteiger charge is -2.05. The zero-order chi connectivity index (χ0) is 10.8. The van der Waals surface area contributed by atoms with Crippen molar-refractivity contribution in [2.24, 2.45) is 0 Å². The van der Waals surface area contributed by atoms with Crippen LogP contribution in [0.5, 0.6) is 0 Å². The van der Waals surface area contributed by atoms with Gasteiger partial charge in [0, 0.05) is 5.56 Å². The van der Waals surface area contributed by atoms with Gasteiger partial charge in [-0.3, -0.25) is 0 Å². The second-order valence-electron chi connectivity index (χ2n) is 3.97. The fourth-order valence-corrected chi connectivity index (χ4v) is 1.15. The highest BCUT2D eigenvalue weighted by Crippen LogP contribution is 2.14. The van der Waals surface area contributed by atoms with Gasteiger partial charge in [0.05, 0.1) is 4.87 Å². The van der Waals surface area contributed by atoms with Gasteiger partial charge in [0.25, 0.3) is 0 Å². The zero-order valence-electron chi connectivity index (χ0n) is 9.11. The molecule has 0 unspecified atom stereocenters. The van der Waals surface area contributed by atoms with Crippen molar-refractivity contribution in [2.75, 3.05) is 0 Å². The summed E-state index contributed by atoms with van der Waals surface area (Å²) in [5.41, 5.74) is 3.57. The normalized spacial score (nSPS) is 10.6. The van der Waals surface area contributed by atoms with Crippen molar-refractivity contribution in [3.63, 3.8) is 0 Å². The standard InChI is InChI=1S/C13H15Cl/c1-10-6-5-7-12(11(10)2)8-9-13(3,4)14/h5-7H,1-4H3. The van der Waals surface area contributed by atoms with Crippen molar-refractivity contribution in [1.82, 2.24) is 0 Å². The Balaban J connectivity index is 3.08. The van der Waals surface area contributed by atoms with Gasteiger partial charge in [0.2, 0.25) is 0 Å². The van der Waals surface area contributed by atoms with E-state index in [9.17, 15) is 0 Å². The Morgan fingerprint density at radius 3 is 2.43 bits per heavy atom. The van der Waals surface area contributed by atoms with Gasteiger partial charge in [-0.15, -0.1) is 11.6 Å². The Hall–Kier alpha value is -0.930. The minimum Gasteiger partial charge on any atom is -0.106 e. The molecule has 0 saturated heterocycles. The Morgan fingerprint density at radius 1 is 1.21 bits per heavy atom. The molecule has 0 saturated carbocycles. The topological polar surface area (TPSA) is 0 Å². The summed E-state index contributed by atoms with van der Waals surface area (Å²) in [7, 11) is 0. The minimum atomic E-state index is -0.448. The average Bonchev–Trinajstić information content (AvgIpc) is 2.06. The fraction of sp³-hybridized carbons (Fsp3) is 0.385. The van der Waals surface area contributed by atoms with Gasteiger partial charge in [-0.05, 0) is 44.9 Å². The van der Waals surface area contributed by atoms with Crippen LogP contribution in [-0.4, -0.2) is 4.87 Å². The Labute approximate surface area is 91.3 Å². The lowest BCUT2D eigenvalue weighted by Crippen LogP contribution is -2.04. The highest BCUT2D eigenvalue weighted by Gasteiger charge is 2.07. The van der Waals surface area contributed by atoms with Gasteiger partial charge >= 0.3 is 0 Å². The molecule has 1 aromatic rings. The van der Waals surface area contributed by atoms with E-state index in [1.165, 1.54) is 11.1 Å². The molecule has 0 bridgehead atoms. The SMILES string of the molecule is Cc1cccc(C#CC(C)(C)Cl)c1C. The van der Waals surface area contributed by atoms with E-state index < -0.39 is 4.87 Å². The molecule has 0 fully saturated rings. The minimum absolute atomic E-state index is 0.448. The monoisotopic (exact) mass is 206 g/mol. The summed E-state index contributed by atoms with van der Waals surface area (Å²) in [4.78, 5) is -0.448. The second kappa shape index (κ2) is 4.07. The molecule has 1 rings (SSSR count). The zero-order valence-corrected chi connectivity index (χ0v) is 9.87. The van der Waals surface area contributed by atoms with Crippen LogP contribution in [0.15, 0.2) is 18.2 Å². The Morgan fingerprint density at radius 2 is 1.86 bits per heavy atom. The number of hydrogen-bond acceptors (Lipinski definition) is 0. The molecule has 14 heavy (non-hydrogen) atoms. The number of benzene rings is 1. The van der Waals surface area contributed by atoms with Crippen LogP contribution in [0.2, 0.25) is 0 Å². The third-order valence-electron chi connectivity index (χ3n) is 2.10. The van der Waals surface area contributed by atoms with E-state index in [2.05, 4.69) is 31.8 Å². The van der Waals surface area contributed by atoms with Crippen molar-refractivity contribution >= 4 is 11.6 Å². The second-order valence-corrected chi connectivity index (χ2v) is 4.91. The van der Waals surface area contributed by atoms with E-state index in [-0.39, 0.29) is 0 Å². The van der Waals surface area contributed by atoms with Crippen molar-refractivity contribution < 1.29 is 0 Å². The van der Waals surface area contributed by atoms with Gasteiger partial charge in [-0.2, -0.15) is 0 Å². The predicted molar refractivity (Wildman–Crippen MR) is 62.7 cm³/mol. The molecule has 0 aliphatic rings. The molecule has 0 radical (unpaired) electrons. The smallest absolute Gasteiger partial charge is 0.0997 e. The first-order chi connectivity index (χ1) is 6.40. The van der Waals surface area contributed by atoms with Gasteiger partial charge in [0.1, 0.15) is 0 Å². The van der Waals surface area contributed by atoms with Crippen LogP contribution < -0.4 is 0 Å². The first kappa shape index (κ1) is 11.1. The third kappa shape index (κ3) is 3.09. The van der Waals surface area contributed by atoms with Crippen LogP contribution in [0, 0.1) is 25.7 Å². The molecule has 0 aliphatic heterocycles. The van der Waals surface area contributed by atoms with Crippen LogP contribution in [-0.2, 0) is 0 Å². The first-order valence-corrected chi connectivity index (χ1v) is 5.06.